The topological polar surface area (TPSA) is 90.8 Å². The number of carbonyl (C=O) groups is 2. The minimum atomic E-state index is -0.129. The predicted molar refractivity (Wildman–Crippen MR) is 115 cm³/mol. The number of rotatable bonds is 4. The Morgan fingerprint density at radius 3 is 2.77 bits per heavy atom. The predicted octanol–water partition coefficient (Wildman–Crippen LogP) is 2.42. The van der Waals surface area contributed by atoms with Crippen molar-refractivity contribution in [3.05, 3.63) is 33.4 Å². The third-order valence-electron chi connectivity index (χ3n) is 7.20. The van der Waals surface area contributed by atoms with Crippen molar-refractivity contribution in [2.45, 2.75) is 71.4 Å². The van der Waals surface area contributed by atoms with Gasteiger partial charge in [-0.3, -0.25) is 19.5 Å². The van der Waals surface area contributed by atoms with Crippen LogP contribution in [0.3, 0.4) is 0 Å². The molecule has 1 N–H and O–H groups in total. The highest BCUT2D eigenvalue weighted by Gasteiger charge is 2.36. The summed E-state index contributed by atoms with van der Waals surface area (Å²) in [6.07, 6.45) is 6.31. The van der Waals surface area contributed by atoms with Crippen LogP contribution in [-0.2, 0) is 22.6 Å². The summed E-state index contributed by atoms with van der Waals surface area (Å²) in [4.78, 5) is 47.3. The fraction of sp³-hybridized carbons (Fsp3) is 0.652. The lowest BCUT2D eigenvalue weighted by atomic mass is 9.96. The smallest absolute Gasteiger partial charge is 0.277 e. The number of piperidine rings is 1. The number of fused-ring (bicyclic) bond motifs is 2. The first-order chi connectivity index (χ1) is 15.0. The van der Waals surface area contributed by atoms with E-state index in [0.717, 1.165) is 56.5 Å². The van der Waals surface area contributed by atoms with Crippen LogP contribution in [0.15, 0.2) is 10.9 Å². The summed E-state index contributed by atoms with van der Waals surface area (Å²) in [5.74, 6) is 0.495. The maximum atomic E-state index is 13.3. The second-order valence-corrected chi connectivity index (χ2v) is 9.38. The fourth-order valence-corrected chi connectivity index (χ4v) is 4.92. The molecular weight excluding hydrogens is 394 g/mol. The highest BCUT2D eigenvalue weighted by Crippen LogP contribution is 2.33. The van der Waals surface area contributed by atoms with Gasteiger partial charge in [0.25, 0.3) is 5.56 Å². The SMILES string of the molecule is CCC(C)C(=O)N1CCCCC1c1cc2nc3c(c(=O)n2[nH]1)CN(C(=O)C1CC1)CC3. The lowest BCUT2D eigenvalue weighted by Crippen LogP contribution is -2.41. The first-order valence-electron chi connectivity index (χ1n) is 11.7. The van der Waals surface area contributed by atoms with Crippen LogP contribution in [0.1, 0.15) is 75.4 Å². The van der Waals surface area contributed by atoms with Gasteiger partial charge in [0.2, 0.25) is 11.8 Å². The van der Waals surface area contributed by atoms with E-state index in [9.17, 15) is 14.4 Å². The Morgan fingerprint density at radius 1 is 1.23 bits per heavy atom. The van der Waals surface area contributed by atoms with Gasteiger partial charge in [-0.1, -0.05) is 13.8 Å². The standard InChI is InChI=1S/C23H31N5O3/c1-3-14(2)21(29)27-10-5-4-6-19(27)18-12-20-24-17-9-11-26(22(30)15-7-8-15)13-16(17)23(31)28(20)25-18/h12,14-15,19,25H,3-11,13H2,1-2H3. The van der Waals surface area contributed by atoms with Crippen LogP contribution in [0, 0.1) is 11.8 Å². The second kappa shape index (κ2) is 7.80. The summed E-state index contributed by atoms with van der Waals surface area (Å²) in [5.41, 5.74) is 2.75. The van der Waals surface area contributed by atoms with E-state index >= 15 is 0 Å². The van der Waals surface area contributed by atoms with Crippen molar-refractivity contribution in [2.75, 3.05) is 13.1 Å². The van der Waals surface area contributed by atoms with Gasteiger partial charge in [-0.05, 0) is 38.5 Å². The van der Waals surface area contributed by atoms with Crippen LogP contribution < -0.4 is 5.56 Å². The lowest BCUT2D eigenvalue weighted by molar-refractivity contribution is -0.139. The molecule has 0 bridgehead atoms. The first kappa shape index (κ1) is 20.3. The Labute approximate surface area is 181 Å². The van der Waals surface area contributed by atoms with Crippen LogP contribution in [0.2, 0.25) is 0 Å². The minimum absolute atomic E-state index is 0.00636. The average molecular weight is 426 g/mol. The normalized spacial score (nSPS) is 22.5. The van der Waals surface area contributed by atoms with Gasteiger partial charge >= 0.3 is 0 Å². The number of likely N-dealkylation sites (tertiary alicyclic amines) is 1. The zero-order chi connectivity index (χ0) is 21.7. The number of aromatic nitrogens is 3. The van der Waals surface area contributed by atoms with E-state index < -0.39 is 0 Å². The summed E-state index contributed by atoms with van der Waals surface area (Å²) in [6.45, 7) is 5.74. The minimum Gasteiger partial charge on any atom is -0.337 e. The van der Waals surface area contributed by atoms with Crippen LogP contribution >= 0.6 is 0 Å². The summed E-state index contributed by atoms with van der Waals surface area (Å²) < 4.78 is 1.50. The largest absolute Gasteiger partial charge is 0.337 e. The molecule has 8 nitrogen and oxygen atoms in total. The number of aromatic amines is 1. The van der Waals surface area contributed by atoms with Crippen molar-refractivity contribution in [3.8, 4) is 0 Å². The maximum absolute atomic E-state index is 13.3. The second-order valence-electron chi connectivity index (χ2n) is 9.38. The van der Waals surface area contributed by atoms with Gasteiger partial charge in [0.05, 0.1) is 29.5 Å². The quantitative estimate of drug-likeness (QED) is 0.815. The summed E-state index contributed by atoms with van der Waals surface area (Å²) >= 11 is 0. The van der Waals surface area contributed by atoms with Gasteiger partial charge in [-0.15, -0.1) is 0 Å². The third-order valence-corrected chi connectivity index (χ3v) is 7.20. The van der Waals surface area contributed by atoms with Gasteiger partial charge in [0, 0.05) is 37.4 Å². The molecule has 0 radical (unpaired) electrons. The molecule has 2 fully saturated rings. The highest BCUT2D eigenvalue weighted by atomic mass is 16.2. The molecule has 3 aliphatic rings. The van der Waals surface area contributed by atoms with E-state index in [1.165, 1.54) is 4.52 Å². The Kier molecular flexibility index (Phi) is 5.10. The molecule has 4 heterocycles. The zero-order valence-corrected chi connectivity index (χ0v) is 18.4. The highest BCUT2D eigenvalue weighted by molar-refractivity contribution is 5.81. The fourth-order valence-electron chi connectivity index (χ4n) is 4.92. The molecule has 31 heavy (non-hydrogen) atoms. The number of nitrogens with zero attached hydrogens (tertiary/aromatic N) is 4. The molecule has 166 valence electrons. The maximum Gasteiger partial charge on any atom is 0.277 e. The molecule has 5 rings (SSSR count). The molecule has 2 aromatic rings. The summed E-state index contributed by atoms with van der Waals surface area (Å²) in [7, 11) is 0. The van der Waals surface area contributed by atoms with Gasteiger partial charge in [0.15, 0.2) is 5.65 Å². The van der Waals surface area contributed by atoms with Gasteiger partial charge in [0.1, 0.15) is 0 Å². The molecule has 2 aliphatic heterocycles. The van der Waals surface area contributed by atoms with E-state index in [1.54, 1.807) is 0 Å². The molecule has 0 aromatic carbocycles. The van der Waals surface area contributed by atoms with Crippen molar-refractivity contribution >= 4 is 17.5 Å². The Hall–Kier alpha value is -2.64. The number of H-pyrrole nitrogens is 1. The summed E-state index contributed by atoms with van der Waals surface area (Å²) in [6, 6.07) is 1.87. The lowest BCUT2D eigenvalue weighted by Gasteiger charge is -2.36. The molecule has 1 saturated heterocycles. The Morgan fingerprint density at radius 2 is 2.03 bits per heavy atom. The molecule has 1 aliphatic carbocycles. The van der Waals surface area contributed by atoms with Crippen molar-refractivity contribution in [1.82, 2.24) is 24.4 Å². The number of hydrogen-bond donors (Lipinski definition) is 1. The zero-order valence-electron chi connectivity index (χ0n) is 18.4. The Balaban J connectivity index is 1.47. The number of carbonyl (C=O) groups excluding carboxylic acids is 2. The van der Waals surface area contributed by atoms with Gasteiger partial charge < -0.3 is 9.80 Å². The molecule has 0 spiro atoms. The third kappa shape index (κ3) is 3.55. The Bertz CT molecular complexity index is 1080. The van der Waals surface area contributed by atoms with Crippen LogP contribution in [0.4, 0.5) is 0 Å². The molecule has 2 aromatic heterocycles. The van der Waals surface area contributed by atoms with Crippen molar-refractivity contribution in [3.63, 3.8) is 0 Å². The summed E-state index contributed by atoms with van der Waals surface area (Å²) in [5, 5.41) is 3.25. The average Bonchev–Trinajstić information content (AvgIpc) is 3.56. The van der Waals surface area contributed by atoms with Crippen molar-refractivity contribution < 1.29 is 9.59 Å². The molecular formula is C23H31N5O3. The monoisotopic (exact) mass is 425 g/mol. The first-order valence-corrected chi connectivity index (χ1v) is 11.7. The number of hydrogen-bond acceptors (Lipinski definition) is 4. The van der Waals surface area contributed by atoms with E-state index in [1.807, 2.05) is 29.7 Å². The van der Waals surface area contributed by atoms with Gasteiger partial charge in [-0.2, -0.15) is 0 Å². The molecule has 8 heteroatoms. The molecule has 2 amide bonds. The van der Waals surface area contributed by atoms with Crippen LogP contribution in [-0.4, -0.2) is 49.3 Å². The van der Waals surface area contributed by atoms with Gasteiger partial charge in [-0.25, -0.2) is 9.50 Å². The molecule has 1 saturated carbocycles. The van der Waals surface area contributed by atoms with Crippen LogP contribution in [0.5, 0.6) is 0 Å². The number of nitrogens with one attached hydrogen (secondary N) is 1. The van der Waals surface area contributed by atoms with E-state index in [2.05, 4.69) is 5.10 Å². The van der Waals surface area contributed by atoms with E-state index in [4.69, 9.17) is 4.98 Å². The van der Waals surface area contributed by atoms with Crippen molar-refractivity contribution in [1.29, 1.82) is 0 Å². The van der Waals surface area contributed by atoms with E-state index in [-0.39, 0.29) is 35.3 Å². The number of amides is 2. The van der Waals surface area contributed by atoms with Crippen molar-refractivity contribution in [2.24, 2.45) is 11.8 Å². The molecule has 2 atom stereocenters. The van der Waals surface area contributed by atoms with E-state index in [0.29, 0.717) is 30.7 Å². The molecule has 2 unspecified atom stereocenters. The van der Waals surface area contributed by atoms with Crippen LogP contribution in [0.25, 0.3) is 5.65 Å².